The number of methoxy groups -OCH3 is 2. The van der Waals surface area contributed by atoms with Gasteiger partial charge < -0.3 is 29.2 Å². The number of phenolic OH excluding ortho intramolecular Hbond substituents is 2. The van der Waals surface area contributed by atoms with Crippen LogP contribution in [0.5, 0.6) is 23.0 Å². The lowest BCUT2D eigenvalue weighted by Crippen LogP contribution is -2.15. The van der Waals surface area contributed by atoms with E-state index in [-0.39, 0.29) is 51.2 Å². The molecule has 0 radical (unpaired) electrons. The average molecular weight is 440 g/mol. The molecule has 2 aromatic carbocycles. The number of ether oxygens (including phenoxy) is 2. The first kappa shape index (κ1) is 23.2. The normalized spacial score (nSPS) is 12.1. The summed E-state index contributed by atoms with van der Waals surface area (Å²) < 4.78 is 16.7. The Morgan fingerprint density at radius 3 is 2.31 bits per heavy atom. The first-order chi connectivity index (χ1) is 15.1. The topological polar surface area (TPSA) is 109 Å². The summed E-state index contributed by atoms with van der Waals surface area (Å²) in [4.78, 5) is 13.6. The first-order valence-electron chi connectivity index (χ1n) is 10.2. The number of benzene rings is 2. The zero-order valence-electron chi connectivity index (χ0n) is 18.9. The van der Waals surface area contributed by atoms with Crippen LogP contribution in [0.2, 0.25) is 0 Å². The van der Waals surface area contributed by atoms with Crippen LogP contribution in [0.1, 0.15) is 31.9 Å². The largest absolute Gasteiger partial charge is 0.507 e. The van der Waals surface area contributed by atoms with E-state index in [4.69, 9.17) is 13.9 Å². The lowest BCUT2D eigenvalue weighted by molar-refractivity contribution is 0.210. The van der Waals surface area contributed by atoms with Crippen LogP contribution < -0.4 is 14.9 Å². The van der Waals surface area contributed by atoms with Crippen molar-refractivity contribution in [2.75, 3.05) is 14.2 Å². The quantitative estimate of drug-likeness (QED) is 0.370. The summed E-state index contributed by atoms with van der Waals surface area (Å²) in [5.74, 6) is -0.0263. The molecule has 1 heterocycles. The summed E-state index contributed by atoms with van der Waals surface area (Å²) in [6, 6.07) is 2.83. The van der Waals surface area contributed by atoms with Crippen molar-refractivity contribution in [3.63, 3.8) is 0 Å². The highest BCUT2D eigenvalue weighted by atomic mass is 16.5. The fraction of sp³-hybridized carbons (Fsp3) is 0.320. The molecule has 1 atom stereocenters. The van der Waals surface area contributed by atoms with Crippen molar-refractivity contribution in [2.24, 2.45) is 0 Å². The van der Waals surface area contributed by atoms with E-state index in [0.29, 0.717) is 23.3 Å². The highest BCUT2D eigenvalue weighted by Crippen LogP contribution is 2.41. The molecule has 0 fully saturated rings. The predicted octanol–water partition coefficient (Wildman–Crippen LogP) is 4.36. The number of rotatable bonds is 7. The fourth-order valence-electron chi connectivity index (χ4n) is 3.69. The summed E-state index contributed by atoms with van der Waals surface area (Å²) in [7, 11) is 2.83. The SMILES string of the molecule is C=C(C)[C@H](O)Cc1c(OC)c(O)cc2oc3cc(OC)c(CC=C(C)C)c(O)c3c(=O)c12. The van der Waals surface area contributed by atoms with Crippen molar-refractivity contribution in [1.29, 1.82) is 0 Å². The molecule has 32 heavy (non-hydrogen) atoms. The van der Waals surface area contributed by atoms with E-state index in [0.717, 1.165) is 5.57 Å². The van der Waals surface area contributed by atoms with Gasteiger partial charge in [0.05, 0.1) is 25.7 Å². The Hall–Kier alpha value is -3.45. The fourth-order valence-corrected chi connectivity index (χ4v) is 3.69. The minimum Gasteiger partial charge on any atom is -0.507 e. The number of phenols is 2. The van der Waals surface area contributed by atoms with Gasteiger partial charge >= 0.3 is 0 Å². The number of fused-ring (bicyclic) bond motifs is 2. The van der Waals surface area contributed by atoms with Crippen LogP contribution >= 0.6 is 0 Å². The Labute approximate surface area is 185 Å². The number of allylic oxidation sites excluding steroid dienone is 2. The molecule has 0 saturated carbocycles. The van der Waals surface area contributed by atoms with Crippen molar-refractivity contribution >= 4 is 21.9 Å². The minimum absolute atomic E-state index is 0.00531. The van der Waals surface area contributed by atoms with Gasteiger partial charge in [-0.15, -0.1) is 0 Å². The van der Waals surface area contributed by atoms with Gasteiger partial charge in [0, 0.05) is 29.7 Å². The molecule has 3 N–H and O–H groups in total. The Balaban J connectivity index is 2.45. The highest BCUT2D eigenvalue weighted by Gasteiger charge is 2.25. The smallest absolute Gasteiger partial charge is 0.204 e. The first-order valence-corrected chi connectivity index (χ1v) is 10.2. The number of aromatic hydroxyl groups is 2. The van der Waals surface area contributed by atoms with E-state index in [9.17, 15) is 20.1 Å². The lowest BCUT2D eigenvalue weighted by atomic mass is 9.96. The van der Waals surface area contributed by atoms with E-state index >= 15 is 0 Å². The van der Waals surface area contributed by atoms with E-state index < -0.39 is 11.5 Å². The van der Waals surface area contributed by atoms with Gasteiger partial charge in [0.15, 0.2) is 11.5 Å². The van der Waals surface area contributed by atoms with Crippen LogP contribution in [0, 0.1) is 0 Å². The second-order valence-corrected chi connectivity index (χ2v) is 8.04. The Kier molecular flexibility index (Phi) is 6.50. The van der Waals surface area contributed by atoms with Crippen molar-refractivity contribution < 1.29 is 29.2 Å². The summed E-state index contributed by atoms with van der Waals surface area (Å²) in [5, 5.41) is 32.0. The van der Waals surface area contributed by atoms with E-state index in [1.165, 1.54) is 20.3 Å². The van der Waals surface area contributed by atoms with Crippen LogP contribution in [0.3, 0.4) is 0 Å². The van der Waals surface area contributed by atoms with Gasteiger partial charge in [-0.05, 0) is 27.2 Å². The maximum absolute atomic E-state index is 13.6. The summed E-state index contributed by atoms with van der Waals surface area (Å²) in [5.41, 5.74) is 1.99. The molecule has 3 aromatic rings. The minimum atomic E-state index is -0.971. The number of aliphatic hydroxyl groups excluding tert-OH is 1. The zero-order valence-corrected chi connectivity index (χ0v) is 18.9. The van der Waals surface area contributed by atoms with Crippen molar-refractivity contribution in [2.45, 2.75) is 39.7 Å². The number of aliphatic hydroxyl groups is 1. The van der Waals surface area contributed by atoms with Gasteiger partial charge in [-0.2, -0.15) is 0 Å². The summed E-state index contributed by atoms with van der Waals surface area (Å²) >= 11 is 0. The standard InChI is InChI=1S/C25H28O7/c1-12(2)7-8-14-18(30-5)11-20-22(23(14)28)24(29)21-15(9-16(26)13(3)4)25(31-6)17(27)10-19(21)32-20/h7,10-11,16,26-28H,3,8-9H2,1-2,4-6H3/t16-/m1/s1. The molecule has 170 valence electrons. The molecule has 0 aliphatic heterocycles. The molecule has 7 nitrogen and oxygen atoms in total. The maximum atomic E-state index is 13.6. The number of hydrogen-bond acceptors (Lipinski definition) is 7. The van der Waals surface area contributed by atoms with Crippen molar-refractivity contribution in [3.8, 4) is 23.0 Å². The average Bonchev–Trinajstić information content (AvgIpc) is 2.72. The third kappa shape index (κ3) is 4.03. The van der Waals surface area contributed by atoms with Gasteiger partial charge in [0.25, 0.3) is 0 Å². The van der Waals surface area contributed by atoms with Gasteiger partial charge in [-0.25, -0.2) is 0 Å². The van der Waals surface area contributed by atoms with Gasteiger partial charge in [-0.1, -0.05) is 23.8 Å². The molecule has 3 rings (SSSR count). The van der Waals surface area contributed by atoms with Gasteiger partial charge in [-0.3, -0.25) is 4.79 Å². The Morgan fingerprint density at radius 2 is 1.75 bits per heavy atom. The summed E-state index contributed by atoms with van der Waals surface area (Å²) in [6.07, 6.45) is 1.29. The predicted molar refractivity (Wildman–Crippen MR) is 124 cm³/mol. The zero-order chi connectivity index (χ0) is 23.7. The van der Waals surface area contributed by atoms with E-state index in [2.05, 4.69) is 6.58 Å². The van der Waals surface area contributed by atoms with Crippen LogP contribution in [-0.4, -0.2) is 35.6 Å². The van der Waals surface area contributed by atoms with Crippen LogP contribution in [-0.2, 0) is 12.8 Å². The molecule has 0 unspecified atom stereocenters. The third-order valence-corrected chi connectivity index (χ3v) is 5.43. The lowest BCUT2D eigenvalue weighted by Gasteiger charge is -2.17. The van der Waals surface area contributed by atoms with Crippen LogP contribution in [0.4, 0.5) is 0 Å². The molecule has 7 heteroatoms. The van der Waals surface area contributed by atoms with E-state index in [1.54, 1.807) is 13.0 Å². The van der Waals surface area contributed by atoms with Gasteiger partial charge in [0.1, 0.15) is 28.1 Å². The Bertz CT molecular complexity index is 1290. The summed E-state index contributed by atoms with van der Waals surface area (Å²) in [6.45, 7) is 9.28. The van der Waals surface area contributed by atoms with Gasteiger partial charge in [0.2, 0.25) is 5.43 Å². The van der Waals surface area contributed by atoms with Crippen molar-refractivity contribution in [3.05, 3.63) is 57.3 Å². The Morgan fingerprint density at radius 1 is 1.09 bits per heavy atom. The van der Waals surface area contributed by atoms with E-state index in [1.807, 2.05) is 19.9 Å². The maximum Gasteiger partial charge on any atom is 0.204 e. The second-order valence-electron chi connectivity index (χ2n) is 8.04. The highest BCUT2D eigenvalue weighted by molar-refractivity contribution is 5.97. The molecule has 1 aromatic heterocycles. The molecule has 0 aliphatic carbocycles. The second kappa shape index (κ2) is 8.96. The molecular weight excluding hydrogens is 412 g/mol. The third-order valence-electron chi connectivity index (χ3n) is 5.43. The van der Waals surface area contributed by atoms with Crippen molar-refractivity contribution in [1.82, 2.24) is 0 Å². The molecular formula is C25H28O7. The molecule has 0 bridgehead atoms. The molecule has 0 saturated heterocycles. The molecule has 0 aliphatic rings. The number of hydrogen-bond donors (Lipinski definition) is 3. The van der Waals surface area contributed by atoms with Crippen LogP contribution in [0.15, 0.2) is 45.1 Å². The van der Waals surface area contributed by atoms with Crippen LogP contribution in [0.25, 0.3) is 21.9 Å². The monoisotopic (exact) mass is 440 g/mol. The molecule has 0 spiro atoms. The molecule has 0 amide bonds.